The quantitative estimate of drug-likeness (QED) is 0.434. The molecule has 2 aliphatic heterocycles. The molecule has 4 rings (SSSR count). The summed E-state index contributed by atoms with van der Waals surface area (Å²) in [6, 6.07) is 13.9. The molecular formula is C25H27NO5. The Morgan fingerprint density at radius 3 is 2.45 bits per heavy atom. The smallest absolute Gasteiger partial charge is 0.295 e. The average Bonchev–Trinajstić information content (AvgIpc) is 3.37. The van der Waals surface area contributed by atoms with Gasteiger partial charge in [-0.2, -0.15) is 0 Å². The number of aryl methyl sites for hydroxylation is 1. The second-order valence-corrected chi connectivity index (χ2v) is 7.95. The Hall–Kier alpha value is -3.12. The fourth-order valence-electron chi connectivity index (χ4n) is 4.20. The van der Waals surface area contributed by atoms with Gasteiger partial charge in [-0.05, 0) is 44.4 Å². The number of ketones is 1. The van der Waals surface area contributed by atoms with Gasteiger partial charge in [0.05, 0.1) is 24.3 Å². The number of likely N-dealkylation sites (tertiary alicyclic amines) is 1. The van der Waals surface area contributed by atoms with Crippen LogP contribution in [0.4, 0.5) is 0 Å². The lowest BCUT2D eigenvalue weighted by Crippen LogP contribution is -2.36. The minimum Gasteiger partial charge on any atom is -0.507 e. The van der Waals surface area contributed by atoms with E-state index in [4.69, 9.17) is 9.47 Å². The van der Waals surface area contributed by atoms with E-state index in [-0.39, 0.29) is 17.4 Å². The van der Waals surface area contributed by atoms with Crippen LogP contribution in [0.2, 0.25) is 0 Å². The molecule has 2 atom stereocenters. The van der Waals surface area contributed by atoms with E-state index in [9.17, 15) is 14.7 Å². The zero-order valence-corrected chi connectivity index (χ0v) is 17.8. The molecular weight excluding hydrogens is 394 g/mol. The van der Waals surface area contributed by atoms with Crippen LogP contribution < -0.4 is 4.74 Å². The Balaban J connectivity index is 1.78. The Kier molecular flexibility index (Phi) is 6.09. The van der Waals surface area contributed by atoms with Crippen molar-refractivity contribution in [3.8, 4) is 5.75 Å². The van der Waals surface area contributed by atoms with E-state index >= 15 is 0 Å². The van der Waals surface area contributed by atoms with Gasteiger partial charge >= 0.3 is 0 Å². The van der Waals surface area contributed by atoms with Gasteiger partial charge in [0, 0.05) is 18.7 Å². The van der Waals surface area contributed by atoms with Crippen molar-refractivity contribution in [1.29, 1.82) is 0 Å². The summed E-state index contributed by atoms with van der Waals surface area (Å²) < 4.78 is 11.2. The van der Waals surface area contributed by atoms with Crippen LogP contribution in [-0.2, 0) is 14.3 Å². The molecule has 1 N–H and O–H groups in total. The molecule has 2 unspecified atom stereocenters. The molecule has 1 amide bonds. The number of ether oxygens (including phenoxy) is 2. The van der Waals surface area contributed by atoms with Crippen molar-refractivity contribution in [2.24, 2.45) is 0 Å². The molecule has 2 heterocycles. The topological polar surface area (TPSA) is 76.1 Å². The van der Waals surface area contributed by atoms with Crippen LogP contribution in [-0.4, -0.2) is 47.6 Å². The number of Topliss-reactive ketones (excluding diaryl/α,β-unsaturated/α-hetero) is 1. The number of aliphatic hydroxyl groups is 1. The van der Waals surface area contributed by atoms with Crippen molar-refractivity contribution in [2.45, 2.75) is 38.8 Å². The average molecular weight is 421 g/mol. The number of hydrogen-bond donors (Lipinski definition) is 1. The molecule has 6 heteroatoms. The molecule has 0 spiro atoms. The first-order chi connectivity index (χ1) is 15.0. The van der Waals surface area contributed by atoms with Crippen LogP contribution in [0.1, 0.15) is 42.5 Å². The number of hydrogen-bond acceptors (Lipinski definition) is 5. The molecule has 2 fully saturated rings. The molecule has 2 saturated heterocycles. The summed E-state index contributed by atoms with van der Waals surface area (Å²) in [7, 11) is 0. The summed E-state index contributed by atoms with van der Waals surface area (Å²) in [4.78, 5) is 27.6. The van der Waals surface area contributed by atoms with E-state index in [1.807, 2.05) is 50.2 Å². The maximum atomic E-state index is 13.0. The van der Waals surface area contributed by atoms with Gasteiger partial charge in [0.25, 0.3) is 11.7 Å². The van der Waals surface area contributed by atoms with Crippen LogP contribution in [0.25, 0.3) is 5.76 Å². The molecule has 0 radical (unpaired) electrons. The summed E-state index contributed by atoms with van der Waals surface area (Å²) in [5.41, 5.74) is 2.40. The normalized spacial score (nSPS) is 22.8. The molecule has 0 aromatic heterocycles. The van der Waals surface area contributed by atoms with Crippen molar-refractivity contribution in [3.63, 3.8) is 0 Å². The maximum absolute atomic E-state index is 13.0. The SMILES string of the molecule is CCOc1ccc(C2C(=C(O)c3ccc(C)cc3)C(=O)C(=O)N2CC2CCCO2)cc1. The Labute approximate surface area is 182 Å². The largest absolute Gasteiger partial charge is 0.507 e. The summed E-state index contributed by atoms with van der Waals surface area (Å²) in [5.74, 6) is -0.731. The number of rotatable bonds is 6. The van der Waals surface area contributed by atoms with Crippen LogP contribution in [0.3, 0.4) is 0 Å². The lowest BCUT2D eigenvalue weighted by Gasteiger charge is -2.27. The first-order valence-corrected chi connectivity index (χ1v) is 10.7. The number of nitrogens with zero attached hydrogens (tertiary/aromatic N) is 1. The standard InChI is InChI=1S/C25H27NO5/c1-3-30-19-12-10-17(11-13-19)22-21(23(27)18-8-6-16(2)7-9-18)24(28)25(29)26(22)15-20-5-4-14-31-20/h6-13,20,22,27H,3-5,14-15H2,1-2H3. The predicted molar refractivity (Wildman–Crippen MR) is 117 cm³/mol. The summed E-state index contributed by atoms with van der Waals surface area (Å²) >= 11 is 0. The lowest BCUT2D eigenvalue weighted by atomic mass is 9.95. The third kappa shape index (κ3) is 4.21. The zero-order chi connectivity index (χ0) is 22.0. The Bertz CT molecular complexity index is 988. The number of aliphatic hydroxyl groups excluding tert-OH is 1. The van der Waals surface area contributed by atoms with Gasteiger partial charge in [-0.1, -0.05) is 42.0 Å². The van der Waals surface area contributed by atoms with E-state index in [2.05, 4.69) is 0 Å². The third-order valence-corrected chi connectivity index (χ3v) is 5.80. The first kappa shape index (κ1) is 21.1. The van der Waals surface area contributed by atoms with Crippen molar-refractivity contribution in [1.82, 2.24) is 4.90 Å². The van der Waals surface area contributed by atoms with E-state index < -0.39 is 17.7 Å². The van der Waals surface area contributed by atoms with Gasteiger partial charge in [0.2, 0.25) is 0 Å². The third-order valence-electron chi connectivity index (χ3n) is 5.80. The fourth-order valence-corrected chi connectivity index (χ4v) is 4.20. The molecule has 162 valence electrons. The summed E-state index contributed by atoms with van der Waals surface area (Å²) in [6.07, 6.45) is 1.67. The van der Waals surface area contributed by atoms with Gasteiger partial charge in [0.1, 0.15) is 11.5 Å². The highest BCUT2D eigenvalue weighted by molar-refractivity contribution is 6.46. The Morgan fingerprint density at radius 2 is 1.84 bits per heavy atom. The highest BCUT2D eigenvalue weighted by atomic mass is 16.5. The summed E-state index contributed by atoms with van der Waals surface area (Å²) in [6.45, 7) is 5.37. The molecule has 2 aromatic rings. The highest BCUT2D eigenvalue weighted by Crippen LogP contribution is 2.40. The number of carbonyl (C=O) groups excluding carboxylic acids is 2. The monoisotopic (exact) mass is 421 g/mol. The van der Waals surface area contributed by atoms with Gasteiger partial charge in [-0.15, -0.1) is 0 Å². The predicted octanol–water partition coefficient (Wildman–Crippen LogP) is 3.99. The van der Waals surface area contributed by atoms with E-state index in [0.717, 1.165) is 24.0 Å². The molecule has 31 heavy (non-hydrogen) atoms. The van der Waals surface area contributed by atoms with Crippen molar-refractivity contribution >= 4 is 17.4 Å². The van der Waals surface area contributed by atoms with Crippen LogP contribution in [0.15, 0.2) is 54.1 Å². The minimum absolute atomic E-state index is 0.107. The van der Waals surface area contributed by atoms with E-state index in [1.165, 1.54) is 4.90 Å². The van der Waals surface area contributed by atoms with Gasteiger partial charge in [-0.25, -0.2) is 0 Å². The maximum Gasteiger partial charge on any atom is 0.295 e. The van der Waals surface area contributed by atoms with Crippen molar-refractivity contribution in [3.05, 3.63) is 70.8 Å². The van der Waals surface area contributed by atoms with E-state index in [1.54, 1.807) is 12.1 Å². The number of benzene rings is 2. The van der Waals surface area contributed by atoms with Gasteiger partial charge in [0.15, 0.2) is 0 Å². The molecule has 2 aliphatic rings. The van der Waals surface area contributed by atoms with Crippen LogP contribution in [0, 0.1) is 6.92 Å². The molecule has 0 saturated carbocycles. The second kappa shape index (κ2) is 8.94. The highest BCUT2D eigenvalue weighted by Gasteiger charge is 2.47. The van der Waals surface area contributed by atoms with Gasteiger partial charge in [-0.3, -0.25) is 9.59 Å². The lowest BCUT2D eigenvalue weighted by molar-refractivity contribution is -0.140. The van der Waals surface area contributed by atoms with E-state index in [0.29, 0.717) is 31.1 Å². The Morgan fingerprint density at radius 1 is 1.13 bits per heavy atom. The minimum atomic E-state index is -0.679. The molecule has 6 nitrogen and oxygen atoms in total. The molecule has 0 aliphatic carbocycles. The zero-order valence-electron chi connectivity index (χ0n) is 17.8. The van der Waals surface area contributed by atoms with Crippen molar-refractivity contribution in [2.75, 3.05) is 19.8 Å². The fraction of sp³-hybridized carbons (Fsp3) is 0.360. The molecule has 0 bridgehead atoms. The number of amides is 1. The first-order valence-electron chi connectivity index (χ1n) is 10.7. The van der Waals surface area contributed by atoms with Crippen LogP contribution >= 0.6 is 0 Å². The van der Waals surface area contributed by atoms with Crippen molar-refractivity contribution < 1.29 is 24.2 Å². The molecule has 2 aromatic carbocycles. The van der Waals surface area contributed by atoms with Gasteiger partial charge < -0.3 is 19.5 Å². The number of carbonyl (C=O) groups is 2. The second-order valence-electron chi connectivity index (χ2n) is 7.95. The van der Waals surface area contributed by atoms with Crippen LogP contribution in [0.5, 0.6) is 5.75 Å². The summed E-state index contributed by atoms with van der Waals surface area (Å²) in [5, 5.41) is 11.1.